The number of rotatable bonds is 14. The lowest BCUT2D eigenvalue weighted by molar-refractivity contribution is -0.154. The molecule has 1 unspecified atom stereocenters. The van der Waals surface area contributed by atoms with E-state index in [4.69, 9.17) is 10.00 Å². The zero-order valence-electron chi connectivity index (χ0n) is 29.4. The zero-order valence-corrected chi connectivity index (χ0v) is 29.4. The number of esters is 1. The number of carbonyl (C=O) groups is 2. The number of piperidine rings is 1. The number of ether oxygens (including phenoxy) is 1. The number of nitriles is 1. The van der Waals surface area contributed by atoms with Crippen molar-refractivity contribution in [3.8, 4) is 6.07 Å². The molecule has 1 amide bonds. The third-order valence-corrected chi connectivity index (χ3v) is 9.12. The molecule has 1 atom stereocenters. The minimum atomic E-state index is -4.78. The summed E-state index contributed by atoms with van der Waals surface area (Å²) >= 11 is 0. The van der Waals surface area contributed by atoms with Gasteiger partial charge in [0.2, 0.25) is 11.7 Å². The van der Waals surface area contributed by atoms with E-state index >= 15 is 0 Å². The SMILES string of the molecule is CC(C)(C)OC(=O)CCNc1c(NCCC2CCN(c3cc(N4CCC4C(=O)NCCc4ccc(C#N)cc4)nc(C(F)(F)F)n3)CC2)c(=O)c1=O. The summed E-state index contributed by atoms with van der Waals surface area (Å²) in [5.74, 6) is -1.57. The third kappa shape index (κ3) is 9.56. The Hall–Kier alpha value is -5.20. The lowest BCUT2D eigenvalue weighted by Gasteiger charge is -2.41. The molecule has 0 aliphatic carbocycles. The largest absolute Gasteiger partial charge is 0.460 e. The molecule has 13 nitrogen and oxygen atoms in total. The van der Waals surface area contributed by atoms with E-state index in [0.717, 1.165) is 5.56 Å². The van der Waals surface area contributed by atoms with Crippen LogP contribution in [-0.4, -0.2) is 72.8 Å². The molecule has 0 radical (unpaired) electrons. The molecule has 3 aromatic rings. The molecule has 0 saturated carbocycles. The van der Waals surface area contributed by atoms with Gasteiger partial charge in [-0.3, -0.25) is 19.2 Å². The summed E-state index contributed by atoms with van der Waals surface area (Å²) in [6, 6.07) is 9.93. The second kappa shape index (κ2) is 16.0. The number of benzene rings is 1. The highest BCUT2D eigenvalue weighted by atomic mass is 19.4. The molecular weight excluding hydrogens is 681 g/mol. The van der Waals surface area contributed by atoms with Crippen LogP contribution in [0.5, 0.6) is 0 Å². The van der Waals surface area contributed by atoms with Crippen LogP contribution in [-0.2, 0) is 26.9 Å². The molecule has 0 spiro atoms. The van der Waals surface area contributed by atoms with Crippen LogP contribution < -0.4 is 36.6 Å². The summed E-state index contributed by atoms with van der Waals surface area (Å²) in [7, 11) is 0. The first-order valence-corrected chi connectivity index (χ1v) is 17.4. The number of anilines is 4. The lowest BCUT2D eigenvalue weighted by atomic mass is 9.93. The molecular formula is C36H43F3N8O5. The highest BCUT2D eigenvalue weighted by molar-refractivity contribution is 5.86. The van der Waals surface area contributed by atoms with Gasteiger partial charge in [-0.1, -0.05) is 12.1 Å². The summed E-state index contributed by atoms with van der Waals surface area (Å²) < 4.78 is 47.1. The highest BCUT2D eigenvalue weighted by Gasteiger charge is 2.40. The monoisotopic (exact) mass is 724 g/mol. The standard InChI is InChI=1S/C36H43F3N8O5/c1-35(2,3)52-28(48)10-16-42-30-29(31(49)32(30)50)41-14-8-23-11-17-46(18-12-23)26-20-27(45-34(44-26)36(37,38)39)47-19-13-25(47)33(51)43-15-9-22-4-6-24(21-40)7-5-22/h4-7,20,23,25,41-42H,8-19H2,1-3H3,(H,43,51). The fourth-order valence-electron chi connectivity index (χ4n) is 6.25. The van der Waals surface area contributed by atoms with Crippen LogP contribution in [0.15, 0.2) is 39.9 Å². The van der Waals surface area contributed by atoms with Gasteiger partial charge in [-0.15, -0.1) is 0 Å². The molecule has 2 aliphatic rings. The van der Waals surface area contributed by atoms with Gasteiger partial charge in [0, 0.05) is 45.3 Å². The van der Waals surface area contributed by atoms with E-state index in [-0.39, 0.29) is 47.8 Å². The molecule has 5 rings (SSSR count). The summed E-state index contributed by atoms with van der Waals surface area (Å²) in [5, 5.41) is 17.7. The summed E-state index contributed by atoms with van der Waals surface area (Å²) in [6.07, 6.45) is -1.73. The van der Waals surface area contributed by atoms with Crippen molar-refractivity contribution < 1.29 is 27.5 Å². The van der Waals surface area contributed by atoms with Crippen molar-refractivity contribution in [1.29, 1.82) is 5.26 Å². The molecule has 2 aliphatic heterocycles. The van der Waals surface area contributed by atoms with Gasteiger partial charge in [-0.25, -0.2) is 9.97 Å². The van der Waals surface area contributed by atoms with Crippen LogP contribution in [0, 0.1) is 17.2 Å². The maximum atomic E-state index is 13.9. The number of alkyl halides is 3. The molecule has 278 valence electrons. The molecule has 2 aromatic carbocycles. The van der Waals surface area contributed by atoms with Gasteiger partial charge in [0.25, 0.3) is 10.9 Å². The Morgan fingerprint density at radius 2 is 1.56 bits per heavy atom. The number of hydrogen-bond acceptors (Lipinski definition) is 12. The van der Waals surface area contributed by atoms with Crippen molar-refractivity contribution in [1.82, 2.24) is 15.3 Å². The van der Waals surface area contributed by atoms with Crippen LogP contribution in [0.25, 0.3) is 0 Å². The highest BCUT2D eigenvalue weighted by Crippen LogP contribution is 2.34. The maximum Gasteiger partial charge on any atom is 0.451 e. The van der Waals surface area contributed by atoms with Crippen molar-refractivity contribution in [2.45, 2.75) is 77.1 Å². The average molecular weight is 725 g/mol. The van der Waals surface area contributed by atoms with E-state index in [1.165, 1.54) is 6.07 Å². The Morgan fingerprint density at radius 1 is 0.923 bits per heavy atom. The second-order valence-corrected chi connectivity index (χ2v) is 14.1. The quantitative estimate of drug-likeness (QED) is 0.163. The van der Waals surface area contributed by atoms with Gasteiger partial charge in [-0.05, 0) is 76.5 Å². The van der Waals surface area contributed by atoms with Gasteiger partial charge >= 0.3 is 12.1 Å². The van der Waals surface area contributed by atoms with Crippen LogP contribution in [0.4, 0.5) is 36.2 Å². The third-order valence-electron chi connectivity index (χ3n) is 9.12. The first-order chi connectivity index (χ1) is 24.6. The topological polar surface area (TPSA) is 170 Å². The number of amides is 1. The van der Waals surface area contributed by atoms with E-state index < -0.39 is 40.5 Å². The molecule has 3 N–H and O–H groups in total. The minimum Gasteiger partial charge on any atom is -0.460 e. The van der Waals surface area contributed by atoms with Crippen LogP contribution in [0.1, 0.15) is 69.8 Å². The Balaban J connectivity index is 1.12. The number of halogens is 3. The van der Waals surface area contributed by atoms with Crippen molar-refractivity contribution in [3.63, 3.8) is 0 Å². The Kier molecular flexibility index (Phi) is 11.7. The lowest BCUT2D eigenvalue weighted by Crippen LogP contribution is -2.57. The summed E-state index contributed by atoms with van der Waals surface area (Å²) in [4.78, 5) is 60.2. The predicted octanol–water partition coefficient (Wildman–Crippen LogP) is 3.76. The maximum absolute atomic E-state index is 13.9. The van der Waals surface area contributed by atoms with Crippen LogP contribution in [0.2, 0.25) is 0 Å². The number of aromatic nitrogens is 2. The van der Waals surface area contributed by atoms with Gasteiger partial charge in [0.05, 0.1) is 18.1 Å². The number of carbonyl (C=O) groups excluding carboxylic acids is 2. The number of nitrogens with one attached hydrogen (secondary N) is 3. The smallest absolute Gasteiger partial charge is 0.451 e. The first kappa shape index (κ1) is 38.0. The van der Waals surface area contributed by atoms with E-state index in [2.05, 4.69) is 32.0 Å². The van der Waals surface area contributed by atoms with Crippen molar-refractivity contribution in [2.75, 3.05) is 59.7 Å². The van der Waals surface area contributed by atoms with E-state index in [0.29, 0.717) is 70.4 Å². The fraction of sp³-hybridized carbons (Fsp3) is 0.528. The molecule has 52 heavy (non-hydrogen) atoms. The predicted molar refractivity (Wildman–Crippen MR) is 189 cm³/mol. The van der Waals surface area contributed by atoms with E-state index in [1.807, 2.05) is 12.1 Å². The average Bonchev–Trinajstić information content (AvgIpc) is 3.07. The van der Waals surface area contributed by atoms with Gasteiger partial charge in [0.1, 0.15) is 34.7 Å². The second-order valence-electron chi connectivity index (χ2n) is 14.1. The van der Waals surface area contributed by atoms with E-state index in [9.17, 15) is 32.3 Å². The summed E-state index contributed by atoms with van der Waals surface area (Å²) in [5.41, 5.74) is -0.0860. The molecule has 3 heterocycles. The minimum absolute atomic E-state index is 0.0301. The van der Waals surface area contributed by atoms with Gasteiger partial charge < -0.3 is 30.5 Å². The Labute approximate surface area is 299 Å². The number of hydrogen-bond donors (Lipinski definition) is 3. The van der Waals surface area contributed by atoms with Crippen molar-refractivity contribution in [2.24, 2.45) is 5.92 Å². The molecule has 2 saturated heterocycles. The normalized spacial score (nSPS) is 16.6. The van der Waals surface area contributed by atoms with Crippen molar-refractivity contribution in [3.05, 3.63) is 67.7 Å². The van der Waals surface area contributed by atoms with Crippen molar-refractivity contribution >= 4 is 34.9 Å². The first-order valence-electron chi connectivity index (χ1n) is 17.4. The molecule has 1 aromatic heterocycles. The Bertz CT molecular complexity index is 1850. The molecule has 16 heteroatoms. The fourth-order valence-corrected chi connectivity index (χ4v) is 6.25. The van der Waals surface area contributed by atoms with Crippen LogP contribution >= 0.6 is 0 Å². The number of nitrogens with zero attached hydrogens (tertiary/aromatic N) is 5. The summed E-state index contributed by atoms with van der Waals surface area (Å²) in [6.45, 7) is 7.45. The molecule has 2 fully saturated rings. The van der Waals surface area contributed by atoms with Gasteiger partial charge in [0.15, 0.2) is 0 Å². The Morgan fingerprint density at radius 3 is 2.13 bits per heavy atom. The zero-order chi connectivity index (χ0) is 37.6. The van der Waals surface area contributed by atoms with Gasteiger partial charge in [-0.2, -0.15) is 18.4 Å². The molecule has 0 bridgehead atoms. The van der Waals surface area contributed by atoms with Crippen LogP contribution in [0.3, 0.4) is 0 Å². The van der Waals surface area contributed by atoms with E-state index in [1.54, 1.807) is 42.7 Å².